The molecule has 0 radical (unpaired) electrons. The lowest BCUT2D eigenvalue weighted by atomic mass is 10.1. The molecule has 2 aromatic rings. The highest BCUT2D eigenvalue weighted by atomic mass is 35.5. The molecule has 1 N–H and O–H groups in total. The Kier molecular flexibility index (Phi) is 8.98. The van der Waals surface area contributed by atoms with Crippen molar-refractivity contribution >= 4 is 24.0 Å². The molecule has 0 atom stereocenters. The summed E-state index contributed by atoms with van der Waals surface area (Å²) in [5, 5.41) is 4.15. The van der Waals surface area contributed by atoms with Crippen LogP contribution in [0.25, 0.3) is 0 Å². The van der Waals surface area contributed by atoms with E-state index >= 15 is 0 Å². The van der Waals surface area contributed by atoms with Crippen LogP contribution < -0.4 is 14.8 Å². The first kappa shape index (κ1) is 20.6. The van der Waals surface area contributed by atoms with Gasteiger partial charge in [-0.05, 0) is 30.7 Å². The third-order valence-electron chi connectivity index (χ3n) is 3.36. The zero-order chi connectivity index (χ0) is 16.7. The summed E-state index contributed by atoms with van der Waals surface area (Å²) in [6.45, 7) is 8.06. The second-order valence-corrected chi connectivity index (χ2v) is 6.06. The number of hydrogen-bond acceptors (Lipinski definition) is 3. The van der Waals surface area contributed by atoms with E-state index in [0.29, 0.717) is 19.3 Å². The summed E-state index contributed by atoms with van der Waals surface area (Å²) in [5.74, 6) is 1.59. The predicted octanol–water partition coefficient (Wildman–Crippen LogP) is 5.24. The Bertz CT molecular complexity index is 615. The predicted molar refractivity (Wildman–Crippen MR) is 103 cm³/mol. The van der Waals surface area contributed by atoms with Crippen LogP contribution in [0.5, 0.6) is 11.5 Å². The summed E-state index contributed by atoms with van der Waals surface area (Å²) in [7, 11) is 0. The molecule has 0 heterocycles. The maximum atomic E-state index is 6.07. The average molecular weight is 370 g/mol. The molecule has 0 fully saturated rings. The summed E-state index contributed by atoms with van der Waals surface area (Å²) in [5.41, 5.74) is 2.17. The molecule has 0 amide bonds. The van der Waals surface area contributed by atoms with Crippen LogP contribution in [-0.2, 0) is 13.2 Å². The van der Waals surface area contributed by atoms with Crippen LogP contribution in [0.3, 0.4) is 0 Å². The molecule has 24 heavy (non-hydrogen) atoms. The van der Waals surface area contributed by atoms with E-state index in [2.05, 4.69) is 25.2 Å². The molecule has 0 saturated heterocycles. The molecule has 0 unspecified atom stereocenters. The van der Waals surface area contributed by atoms with Crippen molar-refractivity contribution in [3.63, 3.8) is 0 Å². The van der Waals surface area contributed by atoms with Gasteiger partial charge >= 0.3 is 0 Å². The fourth-order valence-electron chi connectivity index (χ4n) is 2.18. The summed E-state index contributed by atoms with van der Waals surface area (Å²) < 4.78 is 11.8. The minimum atomic E-state index is 0. The summed E-state index contributed by atoms with van der Waals surface area (Å²) in [6.07, 6.45) is 0. The van der Waals surface area contributed by atoms with Crippen molar-refractivity contribution in [2.24, 2.45) is 0 Å². The number of benzene rings is 2. The number of para-hydroxylation sites is 1. The second kappa shape index (κ2) is 10.4. The molecule has 0 spiro atoms. The molecule has 5 heteroatoms. The molecule has 3 nitrogen and oxygen atoms in total. The van der Waals surface area contributed by atoms with Crippen molar-refractivity contribution in [3.05, 3.63) is 58.6 Å². The van der Waals surface area contributed by atoms with Crippen molar-refractivity contribution < 1.29 is 9.47 Å². The number of halogens is 2. The van der Waals surface area contributed by atoms with Gasteiger partial charge in [-0.1, -0.05) is 49.7 Å². The highest BCUT2D eigenvalue weighted by molar-refractivity contribution is 6.30. The maximum absolute atomic E-state index is 6.07. The van der Waals surface area contributed by atoms with Crippen LogP contribution in [0.1, 0.15) is 31.9 Å². The van der Waals surface area contributed by atoms with E-state index < -0.39 is 0 Å². The molecule has 2 aromatic carbocycles. The molecule has 0 saturated carbocycles. The van der Waals surface area contributed by atoms with Crippen molar-refractivity contribution in [2.75, 3.05) is 6.61 Å². The van der Waals surface area contributed by atoms with E-state index in [1.807, 2.05) is 43.3 Å². The molecule has 0 aromatic heterocycles. The molecular weight excluding hydrogens is 345 g/mol. The fourth-order valence-corrected chi connectivity index (χ4v) is 2.31. The molecule has 2 rings (SSSR count). The number of hydrogen-bond donors (Lipinski definition) is 1. The number of ether oxygens (including phenoxy) is 2. The molecule has 0 aliphatic carbocycles. The Morgan fingerprint density at radius 2 is 1.75 bits per heavy atom. The Morgan fingerprint density at radius 1 is 1.04 bits per heavy atom. The zero-order valence-corrected chi connectivity index (χ0v) is 15.9. The van der Waals surface area contributed by atoms with Crippen molar-refractivity contribution in [2.45, 2.75) is 40.0 Å². The van der Waals surface area contributed by atoms with Gasteiger partial charge in [-0.2, -0.15) is 0 Å². The average Bonchev–Trinajstić information content (AvgIpc) is 2.53. The Hall–Kier alpha value is -1.42. The first-order chi connectivity index (χ1) is 11.1. The molecule has 0 aliphatic heterocycles. The lowest BCUT2D eigenvalue weighted by Crippen LogP contribution is -2.22. The maximum Gasteiger partial charge on any atom is 0.166 e. The highest BCUT2D eigenvalue weighted by Crippen LogP contribution is 2.32. The lowest BCUT2D eigenvalue weighted by molar-refractivity contribution is 0.266. The summed E-state index contributed by atoms with van der Waals surface area (Å²) in [4.78, 5) is 0. The number of nitrogens with one attached hydrogen (secondary N) is 1. The summed E-state index contributed by atoms with van der Waals surface area (Å²) >= 11 is 5.92. The first-order valence-corrected chi connectivity index (χ1v) is 8.33. The minimum Gasteiger partial charge on any atom is -0.490 e. The zero-order valence-electron chi connectivity index (χ0n) is 14.3. The van der Waals surface area contributed by atoms with E-state index in [0.717, 1.165) is 34.2 Å². The van der Waals surface area contributed by atoms with E-state index in [4.69, 9.17) is 21.1 Å². The largest absolute Gasteiger partial charge is 0.490 e. The van der Waals surface area contributed by atoms with Crippen molar-refractivity contribution in [3.8, 4) is 11.5 Å². The van der Waals surface area contributed by atoms with Gasteiger partial charge in [0.15, 0.2) is 11.5 Å². The van der Waals surface area contributed by atoms with Gasteiger partial charge in [-0.3, -0.25) is 0 Å². The van der Waals surface area contributed by atoms with E-state index in [1.54, 1.807) is 0 Å². The van der Waals surface area contributed by atoms with E-state index in [-0.39, 0.29) is 12.4 Å². The third kappa shape index (κ3) is 6.23. The molecular formula is C19H25Cl2NO2. The quantitative estimate of drug-likeness (QED) is 0.690. The van der Waals surface area contributed by atoms with E-state index in [1.165, 1.54) is 0 Å². The van der Waals surface area contributed by atoms with Crippen LogP contribution in [0.15, 0.2) is 42.5 Å². The Morgan fingerprint density at radius 3 is 2.38 bits per heavy atom. The first-order valence-electron chi connectivity index (χ1n) is 7.95. The minimum absolute atomic E-state index is 0. The van der Waals surface area contributed by atoms with Gasteiger partial charge in [0.05, 0.1) is 6.61 Å². The van der Waals surface area contributed by atoms with Crippen LogP contribution in [0, 0.1) is 0 Å². The van der Waals surface area contributed by atoms with Gasteiger partial charge in [0.1, 0.15) is 6.61 Å². The van der Waals surface area contributed by atoms with Gasteiger partial charge < -0.3 is 14.8 Å². The van der Waals surface area contributed by atoms with Crippen LogP contribution >= 0.6 is 24.0 Å². The Balaban J connectivity index is 0.00000288. The Labute approximate surface area is 155 Å². The standard InChI is InChI=1S/C19H24ClNO2.ClH/c1-4-22-18-7-5-6-16(12-21-14(2)3)19(18)23-13-15-8-10-17(20)11-9-15;/h5-11,14,21H,4,12-13H2,1-3H3;1H. The van der Waals surface area contributed by atoms with Gasteiger partial charge in [-0.25, -0.2) is 0 Å². The van der Waals surface area contributed by atoms with Crippen LogP contribution in [-0.4, -0.2) is 12.6 Å². The van der Waals surface area contributed by atoms with Gasteiger partial charge in [0, 0.05) is 23.2 Å². The molecule has 0 aliphatic rings. The number of rotatable bonds is 8. The SMILES string of the molecule is CCOc1cccc(CNC(C)C)c1OCc1ccc(Cl)cc1.Cl. The van der Waals surface area contributed by atoms with Crippen molar-refractivity contribution in [1.82, 2.24) is 5.32 Å². The summed E-state index contributed by atoms with van der Waals surface area (Å²) in [6, 6.07) is 14.1. The van der Waals surface area contributed by atoms with Gasteiger partial charge in [-0.15, -0.1) is 12.4 Å². The fraction of sp³-hybridized carbons (Fsp3) is 0.368. The smallest absolute Gasteiger partial charge is 0.166 e. The molecule has 0 bridgehead atoms. The third-order valence-corrected chi connectivity index (χ3v) is 3.61. The lowest BCUT2D eigenvalue weighted by Gasteiger charge is -2.17. The molecule has 132 valence electrons. The highest BCUT2D eigenvalue weighted by Gasteiger charge is 2.11. The monoisotopic (exact) mass is 369 g/mol. The van der Waals surface area contributed by atoms with Gasteiger partial charge in [0.2, 0.25) is 0 Å². The normalized spacial score (nSPS) is 10.4. The van der Waals surface area contributed by atoms with Crippen LogP contribution in [0.4, 0.5) is 0 Å². The van der Waals surface area contributed by atoms with E-state index in [9.17, 15) is 0 Å². The second-order valence-electron chi connectivity index (χ2n) is 5.63. The van der Waals surface area contributed by atoms with Crippen LogP contribution in [0.2, 0.25) is 5.02 Å². The van der Waals surface area contributed by atoms with Gasteiger partial charge in [0.25, 0.3) is 0 Å². The topological polar surface area (TPSA) is 30.5 Å². The van der Waals surface area contributed by atoms with Crippen molar-refractivity contribution in [1.29, 1.82) is 0 Å².